The molecule has 1 aromatic rings. The molecule has 0 saturated carbocycles. The second-order valence-corrected chi connectivity index (χ2v) is 6.12. The van der Waals surface area contributed by atoms with E-state index in [1.165, 1.54) is 56.1 Å². The Kier molecular flexibility index (Phi) is 2.34. The highest BCUT2D eigenvalue weighted by Gasteiger charge is 2.40. The molecule has 3 aliphatic rings. The molecule has 2 saturated heterocycles. The lowest BCUT2D eigenvalue weighted by molar-refractivity contribution is 0.387. The average molecular weight is 244 g/mol. The minimum absolute atomic E-state index is 0.849. The Morgan fingerprint density at radius 2 is 1.83 bits per heavy atom. The fourth-order valence-electron chi connectivity index (χ4n) is 4.02. The van der Waals surface area contributed by atoms with Crippen LogP contribution in [0.5, 0.6) is 0 Å². The molecule has 2 aliphatic heterocycles. The molecule has 4 nitrogen and oxygen atoms in total. The molecule has 0 bridgehead atoms. The van der Waals surface area contributed by atoms with Gasteiger partial charge < -0.3 is 9.80 Å². The molecule has 1 aromatic heterocycles. The third-order valence-electron chi connectivity index (χ3n) is 4.82. The Balaban J connectivity index is 1.61. The molecule has 1 aliphatic carbocycles. The molecule has 0 aromatic carbocycles. The summed E-state index contributed by atoms with van der Waals surface area (Å²) in [4.78, 5) is 14.0. The molecule has 2 atom stereocenters. The van der Waals surface area contributed by atoms with Crippen molar-refractivity contribution in [2.45, 2.75) is 19.3 Å². The van der Waals surface area contributed by atoms with Gasteiger partial charge in [-0.3, -0.25) is 0 Å². The summed E-state index contributed by atoms with van der Waals surface area (Å²) in [5.41, 5.74) is 2.74. The van der Waals surface area contributed by atoms with Crippen molar-refractivity contribution in [2.75, 3.05) is 38.1 Å². The fraction of sp³-hybridized carbons (Fsp3) is 0.714. The van der Waals surface area contributed by atoms with Crippen molar-refractivity contribution in [3.8, 4) is 0 Å². The number of aromatic nitrogens is 2. The summed E-state index contributed by atoms with van der Waals surface area (Å²) in [5, 5.41) is 0. The molecule has 4 heteroatoms. The van der Waals surface area contributed by atoms with Crippen LogP contribution in [-0.4, -0.2) is 48.1 Å². The summed E-state index contributed by atoms with van der Waals surface area (Å²) in [5.74, 6) is 2.94. The van der Waals surface area contributed by atoms with E-state index >= 15 is 0 Å². The van der Waals surface area contributed by atoms with E-state index < -0.39 is 0 Å². The van der Waals surface area contributed by atoms with Gasteiger partial charge in [-0.1, -0.05) is 0 Å². The van der Waals surface area contributed by atoms with Crippen LogP contribution in [0.1, 0.15) is 17.7 Å². The van der Waals surface area contributed by atoms with Crippen LogP contribution < -0.4 is 4.90 Å². The maximum Gasteiger partial charge on any atom is 0.135 e. The number of likely N-dealkylation sites (tertiary alicyclic amines) is 1. The standard InChI is InChI=1S/C14H20N4/c1-17-5-10-7-18(8-11(10)6-17)14-12-3-2-4-13(12)15-9-16-14/h9-11H,2-8H2,1H3. The van der Waals surface area contributed by atoms with Crippen LogP contribution in [0, 0.1) is 11.8 Å². The predicted octanol–water partition coefficient (Wildman–Crippen LogP) is 0.963. The van der Waals surface area contributed by atoms with E-state index in [9.17, 15) is 0 Å². The molecule has 2 unspecified atom stereocenters. The molecule has 0 radical (unpaired) electrons. The van der Waals surface area contributed by atoms with Gasteiger partial charge in [-0.25, -0.2) is 9.97 Å². The topological polar surface area (TPSA) is 32.3 Å². The lowest BCUT2D eigenvalue weighted by Gasteiger charge is -2.22. The molecular formula is C14H20N4. The summed E-state index contributed by atoms with van der Waals surface area (Å²) in [7, 11) is 2.24. The molecule has 2 fully saturated rings. The van der Waals surface area contributed by atoms with Crippen LogP contribution in [0.3, 0.4) is 0 Å². The summed E-state index contributed by atoms with van der Waals surface area (Å²) in [6, 6.07) is 0. The van der Waals surface area contributed by atoms with Gasteiger partial charge in [0, 0.05) is 37.4 Å². The Morgan fingerprint density at radius 1 is 1.06 bits per heavy atom. The first-order chi connectivity index (χ1) is 8.81. The number of aryl methyl sites for hydroxylation is 1. The molecule has 0 N–H and O–H groups in total. The summed E-state index contributed by atoms with van der Waals surface area (Å²) < 4.78 is 0. The van der Waals surface area contributed by atoms with Gasteiger partial charge in [0.1, 0.15) is 12.1 Å². The third-order valence-corrected chi connectivity index (χ3v) is 4.82. The average Bonchev–Trinajstić information content (AvgIpc) is 3.00. The van der Waals surface area contributed by atoms with Crippen LogP contribution in [0.25, 0.3) is 0 Å². The highest BCUT2D eigenvalue weighted by molar-refractivity contribution is 5.51. The van der Waals surface area contributed by atoms with Gasteiger partial charge in [-0.15, -0.1) is 0 Å². The molecule has 0 spiro atoms. The quantitative estimate of drug-likeness (QED) is 0.736. The SMILES string of the molecule is CN1CC2CN(c3ncnc4c3CCC4)CC2C1. The Bertz CT molecular complexity index is 459. The van der Waals surface area contributed by atoms with Gasteiger partial charge >= 0.3 is 0 Å². The summed E-state index contributed by atoms with van der Waals surface area (Å²) in [6.45, 7) is 4.90. The van der Waals surface area contributed by atoms with E-state index in [0.717, 1.165) is 18.3 Å². The zero-order chi connectivity index (χ0) is 12.1. The number of nitrogens with zero attached hydrogens (tertiary/aromatic N) is 4. The number of hydrogen-bond donors (Lipinski definition) is 0. The number of fused-ring (bicyclic) bond motifs is 2. The summed E-state index contributed by atoms with van der Waals surface area (Å²) >= 11 is 0. The van der Waals surface area contributed by atoms with Crippen molar-refractivity contribution in [3.05, 3.63) is 17.6 Å². The van der Waals surface area contributed by atoms with Gasteiger partial charge in [-0.2, -0.15) is 0 Å². The van der Waals surface area contributed by atoms with E-state index in [4.69, 9.17) is 0 Å². The van der Waals surface area contributed by atoms with Crippen LogP contribution >= 0.6 is 0 Å². The van der Waals surface area contributed by atoms with Crippen molar-refractivity contribution in [3.63, 3.8) is 0 Å². The van der Waals surface area contributed by atoms with Crippen molar-refractivity contribution in [1.82, 2.24) is 14.9 Å². The van der Waals surface area contributed by atoms with E-state index in [1.54, 1.807) is 6.33 Å². The zero-order valence-electron chi connectivity index (χ0n) is 11.0. The monoisotopic (exact) mass is 244 g/mol. The van der Waals surface area contributed by atoms with E-state index in [1.807, 2.05) is 0 Å². The first-order valence-corrected chi connectivity index (χ1v) is 7.07. The molecule has 0 amide bonds. The molecule has 3 heterocycles. The maximum absolute atomic E-state index is 4.58. The zero-order valence-corrected chi connectivity index (χ0v) is 11.0. The minimum Gasteiger partial charge on any atom is -0.356 e. The second-order valence-electron chi connectivity index (χ2n) is 6.12. The second kappa shape index (κ2) is 3.92. The largest absolute Gasteiger partial charge is 0.356 e. The first-order valence-electron chi connectivity index (χ1n) is 7.07. The van der Waals surface area contributed by atoms with Crippen molar-refractivity contribution in [1.29, 1.82) is 0 Å². The normalized spacial score (nSPS) is 30.8. The van der Waals surface area contributed by atoms with Gasteiger partial charge in [0.25, 0.3) is 0 Å². The first kappa shape index (κ1) is 10.7. The lowest BCUT2D eigenvalue weighted by atomic mass is 10.0. The highest BCUT2D eigenvalue weighted by atomic mass is 15.3. The Labute approximate surface area is 108 Å². The van der Waals surface area contributed by atoms with Crippen LogP contribution in [-0.2, 0) is 12.8 Å². The lowest BCUT2D eigenvalue weighted by Crippen LogP contribution is -2.28. The van der Waals surface area contributed by atoms with Crippen LogP contribution in [0.15, 0.2) is 6.33 Å². The predicted molar refractivity (Wildman–Crippen MR) is 70.7 cm³/mol. The fourth-order valence-corrected chi connectivity index (χ4v) is 4.02. The number of hydrogen-bond acceptors (Lipinski definition) is 4. The molecule has 18 heavy (non-hydrogen) atoms. The van der Waals surface area contributed by atoms with E-state index in [0.29, 0.717) is 0 Å². The Hall–Kier alpha value is -1.16. The third kappa shape index (κ3) is 1.55. The molecular weight excluding hydrogens is 224 g/mol. The highest BCUT2D eigenvalue weighted by Crippen LogP contribution is 2.35. The summed E-state index contributed by atoms with van der Waals surface area (Å²) in [6.07, 6.45) is 5.34. The minimum atomic E-state index is 0.849. The number of anilines is 1. The van der Waals surface area contributed by atoms with Crippen LogP contribution in [0.4, 0.5) is 5.82 Å². The van der Waals surface area contributed by atoms with Gasteiger partial charge in [0.05, 0.1) is 0 Å². The van der Waals surface area contributed by atoms with Crippen molar-refractivity contribution < 1.29 is 0 Å². The van der Waals surface area contributed by atoms with Crippen molar-refractivity contribution in [2.24, 2.45) is 11.8 Å². The van der Waals surface area contributed by atoms with Crippen molar-refractivity contribution >= 4 is 5.82 Å². The van der Waals surface area contributed by atoms with E-state index in [-0.39, 0.29) is 0 Å². The maximum atomic E-state index is 4.58. The molecule has 96 valence electrons. The van der Waals surface area contributed by atoms with Crippen LogP contribution in [0.2, 0.25) is 0 Å². The van der Waals surface area contributed by atoms with E-state index in [2.05, 4.69) is 26.8 Å². The number of rotatable bonds is 1. The van der Waals surface area contributed by atoms with Gasteiger partial charge in [0.15, 0.2) is 0 Å². The van der Waals surface area contributed by atoms with Gasteiger partial charge in [0.2, 0.25) is 0 Å². The Morgan fingerprint density at radius 3 is 2.61 bits per heavy atom. The van der Waals surface area contributed by atoms with Gasteiger partial charge in [-0.05, 0) is 38.1 Å². The smallest absolute Gasteiger partial charge is 0.135 e. The molecule has 4 rings (SSSR count).